The van der Waals surface area contributed by atoms with Crippen molar-refractivity contribution in [2.75, 3.05) is 20.1 Å². The summed E-state index contributed by atoms with van der Waals surface area (Å²) in [4.78, 5) is 25.8. The summed E-state index contributed by atoms with van der Waals surface area (Å²) in [5.74, 6) is -0.0804. The molecule has 1 rings (SSSR count). The van der Waals surface area contributed by atoms with Crippen LogP contribution in [0.4, 0.5) is 0 Å². The van der Waals surface area contributed by atoms with Crippen molar-refractivity contribution in [3.05, 3.63) is 35.4 Å². The summed E-state index contributed by atoms with van der Waals surface area (Å²) in [7, 11) is 1.81. The molecule has 0 spiro atoms. The van der Waals surface area contributed by atoms with Gasteiger partial charge in [-0.2, -0.15) is 0 Å². The molecule has 0 aliphatic rings. The molecule has 0 bridgehead atoms. The van der Waals surface area contributed by atoms with Crippen LogP contribution in [0.5, 0.6) is 0 Å². The summed E-state index contributed by atoms with van der Waals surface area (Å²) >= 11 is 0. The third kappa shape index (κ3) is 5.58. The number of carbonyl (C=O) groups is 2. The lowest BCUT2D eigenvalue weighted by Crippen LogP contribution is -2.28. The number of carbonyl (C=O) groups excluding carboxylic acids is 2. The Morgan fingerprint density at radius 2 is 1.57 bits per heavy atom. The van der Waals surface area contributed by atoms with Crippen LogP contribution in [-0.4, -0.2) is 36.9 Å². The van der Waals surface area contributed by atoms with Crippen LogP contribution in [0.15, 0.2) is 24.3 Å². The molecule has 116 valence electrons. The molecule has 0 unspecified atom stereocenters. The van der Waals surface area contributed by atoms with Crippen LogP contribution in [0.25, 0.3) is 0 Å². The Balaban J connectivity index is 2.60. The van der Waals surface area contributed by atoms with Gasteiger partial charge in [-0.3, -0.25) is 9.59 Å². The van der Waals surface area contributed by atoms with Gasteiger partial charge in [-0.1, -0.05) is 26.7 Å². The lowest BCUT2D eigenvalue weighted by Gasteiger charge is -2.16. The van der Waals surface area contributed by atoms with Gasteiger partial charge in [0.05, 0.1) is 0 Å². The van der Waals surface area contributed by atoms with Crippen molar-refractivity contribution in [1.29, 1.82) is 0 Å². The Kier molecular flexibility index (Phi) is 7.51. The van der Waals surface area contributed by atoms with Gasteiger partial charge in [0.1, 0.15) is 0 Å². The van der Waals surface area contributed by atoms with E-state index in [1.165, 1.54) is 0 Å². The highest BCUT2D eigenvalue weighted by atomic mass is 16.2. The maximum Gasteiger partial charge on any atom is 0.253 e. The van der Waals surface area contributed by atoms with E-state index < -0.39 is 0 Å². The molecule has 0 aliphatic heterocycles. The fraction of sp³-hybridized carbons (Fsp3) is 0.529. The SMILES string of the molecule is CCCCNC(=O)c1ccc(C(=O)N(C)CCCC)cc1. The Bertz CT molecular complexity index is 454. The largest absolute Gasteiger partial charge is 0.352 e. The fourth-order valence-electron chi connectivity index (χ4n) is 1.96. The summed E-state index contributed by atoms with van der Waals surface area (Å²) in [6, 6.07) is 6.86. The van der Waals surface area contributed by atoms with E-state index in [0.29, 0.717) is 17.7 Å². The van der Waals surface area contributed by atoms with Crippen LogP contribution in [0.3, 0.4) is 0 Å². The van der Waals surface area contributed by atoms with Crippen molar-refractivity contribution in [1.82, 2.24) is 10.2 Å². The van der Waals surface area contributed by atoms with Crippen LogP contribution in [0.2, 0.25) is 0 Å². The highest BCUT2D eigenvalue weighted by Crippen LogP contribution is 2.08. The average molecular weight is 290 g/mol. The molecular formula is C17H26N2O2. The molecule has 21 heavy (non-hydrogen) atoms. The molecule has 0 saturated heterocycles. The Morgan fingerprint density at radius 1 is 1.00 bits per heavy atom. The van der Waals surface area contributed by atoms with Crippen molar-refractivity contribution >= 4 is 11.8 Å². The molecule has 0 saturated carbocycles. The van der Waals surface area contributed by atoms with E-state index in [0.717, 1.165) is 32.2 Å². The number of nitrogens with zero attached hydrogens (tertiary/aromatic N) is 1. The van der Waals surface area contributed by atoms with Gasteiger partial charge in [-0.25, -0.2) is 0 Å². The molecule has 0 heterocycles. The molecule has 0 aliphatic carbocycles. The Labute approximate surface area is 127 Å². The first kappa shape index (κ1) is 17.2. The van der Waals surface area contributed by atoms with Gasteiger partial charge in [0.25, 0.3) is 11.8 Å². The smallest absolute Gasteiger partial charge is 0.253 e. The molecule has 0 fully saturated rings. The van der Waals surface area contributed by atoms with Gasteiger partial charge >= 0.3 is 0 Å². The van der Waals surface area contributed by atoms with Crippen LogP contribution in [-0.2, 0) is 0 Å². The topological polar surface area (TPSA) is 49.4 Å². The summed E-state index contributed by atoms with van der Waals surface area (Å²) in [5, 5.41) is 2.86. The van der Waals surface area contributed by atoms with E-state index in [-0.39, 0.29) is 11.8 Å². The van der Waals surface area contributed by atoms with Crippen LogP contribution < -0.4 is 5.32 Å². The van der Waals surface area contributed by atoms with Gasteiger partial charge in [-0.15, -0.1) is 0 Å². The van der Waals surface area contributed by atoms with Crippen molar-refractivity contribution in [2.24, 2.45) is 0 Å². The second-order valence-corrected chi connectivity index (χ2v) is 5.27. The monoisotopic (exact) mass is 290 g/mol. The minimum absolute atomic E-state index is 0.00129. The lowest BCUT2D eigenvalue weighted by atomic mass is 10.1. The van der Waals surface area contributed by atoms with Crippen molar-refractivity contribution in [3.8, 4) is 0 Å². The van der Waals surface area contributed by atoms with Crippen molar-refractivity contribution < 1.29 is 9.59 Å². The van der Waals surface area contributed by atoms with E-state index in [1.807, 2.05) is 7.05 Å². The minimum atomic E-state index is -0.0817. The molecule has 1 N–H and O–H groups in total. The van der Waals surface area contributed by atoms with Gasteiger partial charge in [0, 0.05) is 31.3 Å². The lowest BCUT2D eigenvalue weighted by molar-refractivity contribution is 0.0792. The second-order valence-electron chi connectivity index (χ2n) is 5.27. The minimum Gasteiger partial charge on any atom is -0.352 e. The average Bonchev–Trinajstić information content (AvgIpc) is 2.52. The highest BCUT2D eigenvalue weighted by Gasteiger charge is 2.12. The molecule has 2 amide bonds. The third-order valence-corrected chi connectivity index (χ3v) is 3.40. The summed E-state index contributed by atoms with van der Waals surface area (Å²) in [6.45, 7) is 5.64. The zero-order valence-electron chi connectivity index (χ0n) is 13.3. The van der Waals surface area contributed by atoms with E-state index in [2.05, 4.69) is 19.2 Å². The molecule has 4 nitrogen and oxygen atoms in total. The van der Waals surface area contributed by atoms with Gasteiger partial charge in [-0.05, 0) is 37.1 Å². The molecule has 0 atom stereocenters. The zero-order valence-corrected chi connectivity index (χ0v) is 13.3. The molecular weight excluding hydrogens is 264 g/mol. The summed E-state index contributed by atoms with van der Waals surface area (Å²) < 4.78 is 0. The number of unbranched alkanes of at least 4 members (excludes halogenated alkanes) is 2. The standard InChI is InChI=1S/C17H26N2O2/c1-4-6-12-18-16(20)14-8-10-15(11-9-14)17(21)19(3)13-7-5-2/h8-11H,4-7,12-13H2,1-3H3,(H,18,20). The first-order valence-corrected chi connectivity index (χ1v) is 7.73. The summed E-state index contributed by atoms with van der Waals surface area (Å²) in [6.07, 6.45) is 4.09. The number of nitrogens with one attached hydrogen (secondary N) is 1. The number of hydrogen-bond donors (Lipinski definition) is 1. The van der Waals surface area contributed by atoms with Gasteiger partial charge in [0.2, 0.25) is 0 Å². The predicted octanol–water partition coefficient (Wildman–Crippen LogP) is 3.09. The number of rotatable bonds is 8. The van der Waals surface area contributed by atoms with Crippen LogP contribution in [0.1, 0.15) is 60.2 Å². The van der Waals surface area contributed by atoms with Crippen molar-refractivity contribution in [3.63, 3.8) is 0 Å². The quantitative estimate of drug-likeness (QED) is 0.748. The fourth-order valence-corrected chi connectivity index (χ4v) is 1.96. The highest BCUT2D eigenvalue weighted by molar-refractivity contribution is 5.97. The Morgan fingerprint density at radius 3 is 2.14 bits per heavy atom. The van der Waals surface area contributed by atoms with Crippen LogP contribution in [0, 0.1) is 0 Å². The zero-order chi connectivity index (χ0) is 15.7. The third-order valence-electron chi connectivity index (χ3n) is 3.40. The maximum atomic E-state index is 12.2. The van der Waals surface area contributed by atoms with Gasteiger partial charge in [0.15, 0.2) is 0 Å². The molecule has 1 aromatic carbocycles. The first-order chi connectivity index (χ1) is 10.1. The maximum absolute atomic E-state index is 12.2. The van der Waals surface area contributed by atoms with E-state index in [1.54, 1.807) is 29.2 Å². The van der Waals surface area contributed by atoms with E-state index in [9.17, 15) is 9.59 Å². The number of hydrogen-bond acceptors (Lipinski definition) is 2. The molecule has 0 aromatic heterocycles. The molecule has 1 aromatic rings. The molecule has 4 heteroatoms. The van der Waals surface area contributed by atoms with Gasteiger partial charge < -0.3 is 10.2 Å². The predicted molar refractivity (Wildman–Crippen MR) is 85.6 cm³/mol. The van der Waals surface area contributed by atoms with Crippen LogP contribution >= 0.6 is 0 Å². The normalized spacial score (nSPS) is 10.2. The number of benzene rings is 1. The van der Waals surface area contributed by atoms with E-state index >= 15 is 0 Å². The van der Waals surface area contributed by atoms with Crippen molar-refractivity contribution in [2.45, 2.75) is 39.5 Å². The molecule has 0 radical (unpaired) electrons. The first-order valence-electron chi connectivity index (χ1n) is 7.73. The number of amides is 2. The summed E-state index contributed by atoms with van der Waals surface area (Å²) in [5.41, 5.74) is 1.22. The second kappa shape index (κ2) is 9.16. The Hall–Kier alpha value is -1.84. The van der Waals surface area contributed by atoms with E-state index in [4.69, 9.17) is 0 Å².